The lowest BCUT2D eigenvalue weighted by molar-refractivity contribution is 0.0694. The average molecular weight is 354 g/mol. The first-order valence-electron chi connectivity index (χ1n) is 9.58. The molecular formula is C21H26N2O3. The number of nitrogens with zero attached hydrogens (tertiary/aromatic N) is 2. The minimum atomic E-state index is -1.15. The summed E-state index contributed by atoms with van der Waals surface area (Å²) in [7, 11) is 0. The number of hydrogen-bond donors (Lipinski definition) is 1. The van der Waals surface area contributed by atoms with Gasteiger partial charge in [0, 0.05) is 42.0 Å². The highest BCUT2D eigenvalue weighted by molar-refractivity contribution is 5.96. The largest absolute Gasteiger partial charge is 0.477 e. The van der Waals surface area contributed by atoms with Crippen molar-refractivity contribution in [1.82, 2.24) is 4.57 Å². The molecule has 0 radical (unpaired) electrons. The highest BCUT2D eigenvalue weighted by atomic mass is 16.4. The van der Waals surface area contributed by atoms with Crippen molar-refractivity contribution < 1.29 is 9.90 Å². The van der Waals surface area contributed by atoms with Crippen LogP contribution in [-0.2, 0) is 6.42 Å². The Kier molecular flexibility index (Phi) is 4.05. The number of pyridine rings is 1. The summed E-state index contributed by atoms with van der Waals surface area (Å²) < 4.78 is 2.02. The molecule has 2 aliphatic rings. The van der Waals surface area contributed by atoms with Gasteiger partial charge in [0.15, 0.2) is 0 Å². The Bertz CT molecular complexity index is 960. The first kappa shape index (κ1) is 17.1. The molecule has 1 N–H and O–H groups in total. The normalized spacial score (nSPS) is 22.7. The molecule has 2 aliphatic heterocycles. The molecule has 1 saturated heterocycles. The molecule has 0 amide bonds. The number of carboxylic acids is 1. The fourth-order valence-corrected chi connectivity index (χ4v) is 4.80. The zero-order valence-corrected chi connectivity index (χ0v) is 15.7. The van der Waals surface area contributed by atoms with Crippen molar-refractivity contribution in [3.63, 3.8) is 0 Å². The number of carbonyl (C=O) groups is 1. The van der Waals surface area contributed by atoms with Crippen LogP contribution in [0.25, 0.3) is 10.9 Å². The smallest absolute Gasteiger partial charge is 0.341 e. The zero-order chi connectivity index (χ0) is 18.6. The molecule has 1 fully saturated rings. The third-order valence-electron chi connectivity index (χ3n) is 6.07. The summed E-state index contributed by atoms with van der Waals surface area (Å²) in [5, 5.41) is 10.0. The number of aromatic nitrogens is 1. The molecule has 0 aliphatic carbocycles. The van der Waals surface area contributed by atoms with Crippen LogP contribution < -0.4 is 10.3 Å². The van der Waals surface area contributed by atoms with Crippen LogP contribution in [0.2, 0.25) is 0 Å². The van der Waals surface area contributed by atoms with E-state index in [1.807, 2.05) is 10.6 Å². The third kappa shape index (κ3) is 2.52. The molecule has 2 aromatic rings. The van der Waals surface area contributed by atoms with Crippen molar-refractivity contribution in [1.29, 1.82) is 0 Å². The van der Waals surface area contributed by atoms with Gasteiger partial charge in [0.1, 0.15) is 5.56 Å². The van der Waals surface area contributed by atoms with Gasteiger partial charge in [0.05, 0.1) is 5.52 Å². The van der Waals surface area contributed by atoms with Crippen LogP contribution in [-0.4, -0.2) is 28.7 Å². The summed E-state index contributed by atoms with van der Waals surface area (Å²) in [6.45, 7) is 8.55. The summed E-state index contributed by atoms with van der Waals surface area (Å²) in [5.41, 5.74) is 4.03. The molecule has 5 nitrogen and oxygen atoms in total. The number of anilines is 1. The number of benzene rings is 1. The zero-order valence-electron chi connectivity index (χ0n) is 15.7. The van der Waals surface area contributed by atoms with Gasteiger partial charge >= 0.3 is 5.97 Å². The van der Waals surface area contributed by atoms with Crippen molar-refractivity contribution in [3.05, 3.63) is 39.2 Å². The first-order chi connectivity index (χ1) is 12.4. The lowest BCUT2D eigenvalue weighted by Crippen LogP contribution is -2.36. The van der Waals surface area contributed by atoms with E-state index in [1.54, 1.807) is 6.20 Å². The van der Waals surface area contributed by atoms with Gasteiger partial charge in [-0.2, -0.15) is 0 Å². The Balaban J connectivity index is 2.03. The summed E-state index contributed by atoms with van der Waals surface area (Å²) >= 11 is 0. The second-order valence-corrected chi connectivity index (χ2v) is 8.08. The topological polar surface area (TPSA) is 62.5 Å². The summed E-state index contributed by atoms with van der Waals surface area (Å²) in [6, 6.07) is 2.11. The molecule has 2 atom stereocenters. The van der Waals surface area contributed by atoms with Crippen LogP contribution in [0.3, 0.4) is 0 Å². The van der Waals surface area contributed by atoms with Crippen molar-refractivity contribution in [2.45, 2.75) is 52.5 Å². The van der Waals surface area contributed by atoms with Crippen molar-refractivity contribution in [2.24, 2.45) is 5.92 Å². The van der Waals surface area contributed by atoms with Crippen molar-refractivity contribution in [2.75, 3.05) is 18.0 Å². The fourth-order valence-electron chi connectivity index (χ4n) is 4.80. The van der Waals surface area contributed by atoms with Gasteiger partial charge in [0.25, 0.3) is 0 Å². The van der Waals surface area contributed by atoms with Crippen molar-refractivity contribution in [3.8, 4) is 0 Å². The van der Waals surface area contributed by atoms with E-state index in [2.05, 4.69) is 25.7 Å². The lowest BCUT2D eigenvalue weighted by Gasteiger charge is -2.37. The molecule has 1 aromatic heterocycles. The van der Waals surface area contributed by atoms with E-state index in [-0.39, 0.29) is 17.0 Å². The first-order valence-corrected chi connectivity index (χ1v) is 9.58. The minimum Gasteiger partial charge on any atom is -0.477 e. The second-order valence-electron chi connectivity index (χ2n) is 8.08. The molecule has 0 spiro atoms. The number of aromatic carboxylic acids is 1. The van der Waals surface area contributed by atoms with Crippen LogP contribution in [0.5, 0.6) is 0 Å². The van der Waals surface area contributed by atoms with Crippen LogP contribution in [0.15, 0.2) is 17.1 Å². The number of piperidine rings is 1. The van der Waals surface area contributed by atoms with E-state index in [4.69, 9.17) is 0 Å². The fraction of sp³-hybridized carbons (Fsp3) is 0.524. The number of aryl methyl sites for hydroxylation is 2. The molecule has 3 heterocycles. The van der Waals surface area contributed by atoms with E-state index in [9.17, 15) is 14.7 Å². The quantitative estimate of drug-likeness (QED) is 0.892. The molecular weight excluding hydrogens is 328 g/mol. The molecule has 138 valence electrons. The summed E-state index contributed by atoms with van der Waals surface area (Å²) in [4.78, 5) is 26.8. The second kappa shape index (κ2) is 6.15. The number of carboxylic acid groups (broad SMARTS) is 1. The lowest BCUT2D eigenvalue weighted by atomic mass is 9.90. The summed E-state index contributed by atoms with van der Waals surface area (Å²) in [6.07, 6.45) is 5.91. The Morgan fingerprint density at radius 2 is 2.04 bits per heavy atom. The Hall–Kier alpha value is -2.30. The summed E-state index contributed by atoms with van der Waals surface area (Å²) in [5.74, 6) is -0.475. The monoisotopic (exact) mass is 354 g/mol. The highest BCUT2D eigenvalue weighted by Gasteiger charge is 2.28. The van der Waals surface area contributed by atoms with E-state index in [0.29, 0.717) is 11.3 Å². The van der Waals surface area contributed by atoms with E-state index in [0.717, 1.165) is 37.0 Å². The van der Waals surface area contributed by atoms with Gasteiger partial charge in [-0.05, 0) is 57.1 Å². The molecule has 2 unspecified atom stereocenters. The Morgan fingerprint density at radius 3 is 2.73 bits per heavy atom. The van der Waals surface area contributed by atoms with Crippen molar-refractivity contribution >= 4 is 22.6 Å². The standard InChI is InChI=1S/C21H26N2O3/c1-12-5-4-8-22(10-12)18-13(2)9-16-19-15(18)7-6-14(3)23(19)11-17(20(16)24)21(25)26/h9,11-12,14H,4-8,10H2,1-3H3,(H,25,26). The van der Waals surface area contributed by atoms with Crippen LogP contribution in [0.4, 0.5) is 5.69 Å². The van der Waals surface area contributed by atoms with Crippen LogP contribution in [0, 0.1) is 12.8 Å². The molecule has 5 heteroatoms. The van der Waals surface area contributed by atoms with Gasteiger partial charge < -0.3 is 14.6 Å². The maximum atomic E-state index is 12.8. The molecule has 1 aromatic carbocycles. The average Bonchev–Trinajstić information content (AvgIpc) is 2.59. The predicted molar refractivity (Wildman–Crippen MR) is 104 cm³/mol. The maximum absolute atomic E-state index is 12.8. The minimum absolute atomic E-state index is 0.129. The van der Waals surface area contributed by atoms with Gasteiger partial charge in [-0.3, -0.25) is 4.79 Å². The Morgan fingerprint density at radius 1 is 1.27 bits per heavy atom. The SMILES string of the molecule is Cc1cc2c(=O)c(C(=O)O)cn3c2c(c1N1CCCC(C)C1)CCC3C. The van der Waals surface area contributed by atoms with E-state index >= 15 is 0 Å². The molecule has 0 saturated carbocycles. The highest BCUT2D eigenvalue weighted by Crippen LogP contribution is 2.39. The van der Waals surface area contributed by atoms with Crippen LogP contribution in [0.1, 0.15) is 60.6 Å². The Labute approximate surface area is 153 Å². The molecule has 0 bridgehead atoms. The van der Waals surface area contributed by atoms with E-state index in [1.165, 1.54) is 24.1 Å². The molecule has 26 heavy (non-hydrogen) atoms. The van der Waals surface area contributed by atoms with Gasteiger partial charge in [-0.1, -0.05) is 6.92 Å². The predicted octanol–water partition coefficient (Wildman–Crippen LogP) is 3.75. The van der Waals surface area contributed by atoms with Gasteiger partial charge in [-0.25, -0.2) is 4.79 Å². The van der Waals surface area contributed by atoms with E-state index < -0.39 is 5.97 Å². The van der Waals surface area contributed by atoms with Gasteiger partial charge in [-0.15, -0.1) is 0 Å². The van der Waals surface area contributed by atoms with Crippen LogP contribution >= 0.6 is 0 Å². The van der Waals surface area contributed by atoms with Gasteiger partial charge in [0.2, 0.25) is 5.43 Å². The number of hydrogen-bond acceptors (Lipinski definition) is 3. The maximum Gasteiger partial charge on any atom is 0.341 e. The third-order valence-corrected chi connectivity index (χ3v) is 6.07. The molecule has 4 rings (SSSR count). The number of rotatable bonds is 2.